The highest BCUT2D eigenvalue weighted by atomic mass is 35.5. The highest BCUT2D eigenvalue weighted by Crippen LogP contribution is 2.23. The number of piperazine rings is 1. The summed E-state index contributed by atoms with van der Waals surface area (Å²) in [7, 11) is 0. The largest absolute Gasteiger partial charge is 0.351 e. The Bertz CT molecular complexity index is 468. The van der Waals surface area contributed by atoms with Crippen LogP contribution in [0.3, 0.4) is 0 Å². The third-order valence-electron chi connectivity index (χ3n) is 3.92. The molecule has 8 heteroatoms. The van der Waals surface area contributed by atoms with Crippen molar-refractivity contribution < 1.29 is 4.79 Å². The fourth-order valence-electron chi connectivity index (χ4n) is 2.74. The van der Waals surface area contributed by atoms with Gasteiger partial charge in [0.15, 0.2) is 11.0 Å². The number of aromatic nitrogens is 2. The lowest BCUT2D eigenvalue weighted by molar-refractivity contribution is -0.131. The van der Waals surface area contributed by atoms with E-state index in [0.29, 0.717) is 11.7 Å². The number of rotatable bonds is 3. The van der Waals surface area contributed by atoms with Crippen molar-refractivity contribution in [1.82, 2.24) is 18.5 Å². The van der Waals surface area contributed by atoms with Crippen LogP contribution in [-0.2, 0) is 4.79 Å². The zero-order chi connectivity index (χ0) is 13.9. The number of anilines is 1. The van der Waals surface area contributed by atoms with Gasteiger partial charge < -0.3 is 9.80 Å². The summed E-state index contributed by atoms with van der Waals surface area (Å²) in [5.74, 6) is 1.05. The van der Waals surface area contributed by atoms with Crippen molar-refractivity contribution in [2.75, 3.05) is 50.7 Å². The molecule has 0 unspecified atom stereocenters. The number of nitrogens with zero attached hydrogens (tertiary/aromatic N) is 5. The van der Waals surface area contributed by atoms with Crippen molar-refractivity contribution in [2.24, 2.45) is 0 Å². The Balaban J connectivity index is 1.49. The van der Waals surface area contributed by atoms with Crippen molar-refractivity contribution in [3.05, 3.63) is 5.15 Å². The van der Waals surface area contributed by atoms with Gasteiger partial charge in [0, 0.05) is 39.3 Å². The molecular weight excluding hydrogens is 298 g/mol. The van der Waals surface area contributed by atoms with Crippen LogP contribution in [0.25, 0.3) is 0 Å². The summed E-state index contributed by atoms with van der Waals surface area (Å²) in [6.07, 6.45) is 2.30. The van der Waals surface area contributed by atoms with E-state index in [1.54, 1.807) is 0 Å². The van der Waals surface area contributed by atoms with Gasteiger partial charge in [-0.1, -0.05) is 11.6 Å². The van der Waals surface area contributed by atoms with Crippen LogP contribution >= 0.6 is 23.3 Å². The van der Waals surface area contributed by atoms with Crippen molar-refractivity contribution in [2.45, 2.75) is 12.8 Å². The highest BCUT2D eigenvalue weighted by molar-refractivity contribution is 6.99. The first-order valence-electron chi connectivity index (χ1n) is 6.97. The van der Waals surface area contributed by atoms with Gasteiger partial charge in [-0.2, -0.15) is 8.75 Å². The second-order valence-corrected chi connectivity index (χ2v) is 6.12. The quantitative estimate of drug-likeness (QED) is 0.831. The summed E-state index contributed by atoms with van der Waals surface area (Å²) in [6.45, 7) is 5.83. The molecular formula is C12H18ClN5OS. The van der Waals surface area contributed by atoms with Crippen molar-refractivity contribution >= 4 is 35.1 Å². The average molecular weight is 316 g/mol. The van der Waals surface area contributed by atoms with Gasteiger partial charge in [-0.3, -0.25) is 9.69 Å². The fraction of sp³-hybridized carbons (Fsp3) is 0.750. The van der Waals surface area contributed by atoms with Crippen LogP contribution in [0.2, 0.25) is 5.15 Å². The zero-order valence-electron chi connectivity index (χ0n) is 11.3. The first-order chi connectivity index (χ1) is 9.74. The normalized spacial score (nSPS) is 20.6. The summed E-state index contributed by atoms with van der Waals surface area (Å²) in [4.78, 5) is 18.4. The molecule has 2 aliphatic heterocycles. The number of carbonyl (C=O) groups excluding carboxylic acids is 1. The van der Waals surface area contributed by atoms with Crippen LogP contribution < -0.4 is 4.90 Å². The molecule has 1 amide bonds. The Labute approximate surface area is 127 Å². The fourth-order valence-corrected chi connectivity index (χ4v) is 3.52. The number of amides is 1. The molecule has 0 aromatic carbocycles. The van der Waals surface area contributed by atoms with E-state index in [-0.39, 0.29) is 5.91 Å². The maximum Gasteiger partial charge on any atom is 0.236 e. The second-order valence-electron chi connectivity index (χ2n) is 5.23. The van der Waals surface area contributed by atoms with E-state index in [1.807, 2.05) is 4.90 Å². The molecule has 3 rings (SSSR count). The second kappa shape index (κ2) is 6.24. The van der Waals surface area contributed by atoms with Gasteiger partial charge in [0.1, 0.15) is 0 Å². The number of halogens is 1. The van der Waals surface area contributed by atoms with Gasteiger partial charge >= 0.3 is 0 Å². The highest BCUT2D eigenvalue weighted by Gasteiger charge is 2.25. The summed E-state index contributed by atoms with van der Waals surface area (Å²) in [6, 6.07) is 0. The minimum Gasteiger partial charge on any atom is -0.351 e. The molecule has 20 heavy (non-hydrogen) atoms. The van der Waals surface area contributed by atoms with Crippen molar-refractivity contribution in [1.29, 1.82) is 0 Å². The molecule has 2 fully saturated rings. The Morgan fingerprint density at radius 3 is 2.40 bits per heavy atom. The van der Waals surface area contributed by atoms with E-state index in [0.717, 1.165) is 69.7 Å². The number of hydrogen-bond donors (Lipinski definition) is 0. The maximum absolute atomic E-state index is 12.1. The summed E-state index contributed by atoms with van der Waals surface area (Å²) in [5, 5.41) is 0.483. The molecule has 0 saturated carbocycles. The molecule has 0 bridgehead atoms. The summed E-state index contributed by atoms with van der Waals surface area (Å²) < 4.78 is 8.21. The van der Waals surface area contributed by atoms with Gasteiger partial charge in [0.2, 0.25) is 5.91 Å². The van der Waals surface area contributed by atoms with Crippen LogP contribution in [0, 0.1) is 0 Å². The molecule has 6 nitrogen and oxygen atoms in total. The molecule has 0 aliphatic carbocycles. The van der Waals surface area contributed by atoms with E-state index in [1.165, 1.54) is 0 Å². The van der Waals surface area contributed by atoms with Crippen LogP contribution in [0.15, 0.2) is 0 Å². The molecule has 110 valence electrons. The predicted molar refractivity (Wildman–Crippen MR) is 79.4 cm³/mol. The number of hydrogen-bond acceptors (Lipinski definition) is 6. The molecule has 0 N–H and O–H groups in total. The number of carbonyl (C=O) groups is 1. The zero-order valence-corrected chi connectivity index (χ0v) is 12.9. The van der Waals surface area contributed by atoms with Crippen LogP contribution in [0.1, 0.15) is 12.8 Å². The summed E-state index contributed by atoms with van der Waals surface area (Å²) >= 11 is 7.14. The van der Waals surface area contributed by atoms with Gasteiger partial charge in [0.05, 0.1) is 18.3 Å². The molecule has 1 aromatic heterocycles. The average Bonchev–Trinajstić information content (AvgIpc) is 3.11. The molecule has 0 atom stereocenters. The van der Waals surface area contributed by atoms with Crippen LogP contribution in [0.4, 0.5) is 5.82 Å². The SMILES string of the molecule is O=C(CN1CCN(c2nsnc2Cl)CC1)N1CCCC1. The first-order valence-corrected chi connectivity index (χ1v) is 8.08. The molecule has 1 aromatic rings. The smallest absolute Gasteiger partial charge is 0.236 e. The standard InChI is InChI=1S/C12H18ClN5OS/c13-11-12(15-20-14-11)18-7-5-16(6-8-18)9-10(19)17-3-1-2-4-17/h1-9H2. The van der Waals surface area contributed by atoms with Crippen LogP contribution in [-0.4, -0.2) is 70.3 Å². The maximum atomic E-state index is 12.1. The lowest BCUT2D eigenvalue weighted by atomic mass is 10.3. The van der Waals surface area contributed by atoms with E-state index < -0.39 is 0 Å². The third kappa shape index (κ3) is 3.05. The monoisotopic (exact) mass is 315 g/mol. The minimum atomic E-state index is 0.268. The molecule has 0 spiro atoms. The van der Waals surface area contributed by atoms with Crippen LogP contribution in [0.5, 0.6) is 0 Å². The summed E-state index contributed by atoms with van der Waals surface area (Å²) in [5.41, 5.74) is 0. The number of likely N-dealkylation sites (tertiary alicyclic amines) is 1. The minimum absolute atomic E-state index is 0.268. The Hall–Kier alpha value is -0.920. The predicted octanol–water partition coefficient (Wildman–Crippen LogP) is 0.936. The molecule has 0 radical (unpaired) electrons. The first kappa shape index (κ1) is 14.0. The van der Waals surface area contributed by atoms with E-state index in [9.17, 15) is 4.79 Å². The van der Waals surface area contributed by atoms with E-state index in [2.05, 4.69) is 18.5 Å². The molecule has 2 aliphatic rings. The third-order valence-corrected chi connectivity index (χ3v) is 4.79. The van der Waals surface area contributed by atoms with Crippen molar-refractivity contribution in [3.8, 4) is 0 Å². The topological polar surface area (TPSA) is 52.6 Å². The molecule has 3 heterocycles. The van der Waals surface area contributed by atoms with Gasteiger partial charge in [-0.05, 0) is 12.8 Å². The van der Waals surface area contributed by atoms with Gasteiger partial charge in [-0.25, -0.2) is 0 Å². The molecule has 2 saturated heterocycles. The Morgan fingerprint density at radius 1 is 1.10 bits per heavy atom. The van der Waals surface area contributed by atoms with Gasteiger partial charge in [0.25, 0.3) is 0 Å². The lowest BCUT2D eigenvalue weighted by Crippen LogP contribution is -2.50. The Kier molecular flexibility index (Phi) is 4.38. The lowest BCUT2D eigenvalue weighted by Gasteiger charge is -2.35. The van der Waals surface area contributed by atoms with E-state index in [4.69, 9.17) is 11.6 Å². The van der Waals surface area contributed by atoms with Crippen molar-refractivity contribution in [3.63, 3.8) is 0 Å². The van der Waals surface area contributed by atoms with Gasteiger partial charge in [-0.15, -0.1) is 0 Å². The van der Waals surface area contributed by atoms with E-state index >= 15 is 0 Å². The Morgan fingerprint density at radius 2 is 1.80 bits per heavy atom.